The molecule has 0 spiro atoms. The van der Waals surface area contributed by atoms with Gasteiger partial charge in [-0.15, -0.1) is 0 Å². The van der Waals surface area contributed by atoms with E-state index in [2.05, 4.69) is 71.5 Å². The molecule has 1 unspecified atom stereocenters. The fourth-order valence-corrected chi connectivity index (χ4v) is 6.42. The highest BCUT2D eigenvalue weighted by atomic mass is 31.2. The summed E-state index contributed by atoms with van der Waals surface area (Å²) in [6, 6.07) is 0. The number of esters is 2. The summed E-state index contributed by atoms with van der Waals surface area (Å²) < 4.78 is 47.7. The minimum atomic E-state index is -4.88. The number of aliphatic hydroxyl groups excluding tert-OH is 1. The molecule has 0 aliphatic rings. The third-order valence-electron chi connectivity index (χ3n) is 8.55. The number of phosphoric ester groups is 2. The Balaban J connectivity index is 4.64. The van der Waals surface area contributed by atoms with Gasteiger partial charge in [-0.3, -0.25) is 28.0 Å². The Morgan fingerprint density at radius 1 is 0.550 bits per heavy atom. The van der Waals surface area contributed by atoms with Crippen molar-refractivity contribution in [3.63, 3.8) is 0 Å². The average Bonchev–Trinajstić information content (AvgIpc) is 3.20. The summed E-state index contributed by atoms with van der Waals surface area (Å²) in [4.78, 5) is 64.4. The van der Waals surface area contributed by atoms with Crippen LogP contribution < -0.4 is 0 Å². The smallest absolute Gasteiger partial charge is 0.462 e. The number of phosphoric acid groups is 2. The molecule has 0 saturated heterocycles. The molecule has 60 heavy (non-hydrogen) atoms. The van der Waals surface area contributed by atoms with Gasteiger partial charge in [0.2, 0.25) is 0 Å². The van der Waals surface area contributed by atoms with Crippen LogP contribution in [0.2, 0.25) is 0 Å². The second-order valence-corrected chi connectivity index (χ2v) is 17.0. The maximum absolute atomic E-state index is 12.7. The molecule has 0 fully saturated rings. The van der Waals surface area contributed by atoms with Crippen molar-refractivity contribution >= 4 is 33.4 Å². The minimum Gasteiger partial charge on any atom is -0.462 e. The molecule has 14 nitrogen and oxygen atoms in total. The number of ketones is 1. The molecule has 0 heterocycles. The molecule has 0 aliphatic carbocycles. The lowest BCUT2D eigenvalue weighted by molar-refractivity contribution is -0.161. The van der Waals surface area contributed by atoms with Crippen LogP contribution in [0.4, 0.5) is 0 Å². The molecule has 0 saturated carbocycles. The van der Waals surface area contributed by atoms with Gasteiger partial charge in [0.25, 0.3) is 0 Å². The van der Waals surface area contributed by atoms with Gasteiger partial charge in [0.05, 0.1) is 19.8 Å². The Hall–Kier alpha value is -2.77. The van der Waals surface area contributed by atoms with Crippen LogP contribution in [0.5, 0.6) is 0 Å². The maximum atomic E-state index is 12.7. The summed E-state index contributed by atoms with van der Waals surface area (Å²) in [5, 5.41) is 9.74. The van der Waals surface area contributed by atoms with Crippen LogP contribution in [0.15, 0.2) is 72.9 Å². The number of unbranched alkanes of at least 4 members (excludes halogenated alkanes) is 11. The molecule has 0 rings (SSSR count). The van der Waals surface area contributed by atoms with Crippen molar-refractivity contribution in [3.05, 3.63) is 72.9 Å². The minimum absolute atomic E-state index is 0.0821. The molecule has 0 aromatic carbocycles. The number of carbonyl (C=O) groups excluding carboxylic acids is 3. The van der Waals surface area contributed by atoms with Crippen LogP contribution in [-0.2, 0) is 46.6 Å². The normalized spacial score (nSPS) is 14.6. The third-order valence-corrected chi connectivity index (χ3v) is 9.98. The maximum Gasteiger partial charge on any atom is 0.472 e. The number of hydrogen-bond acceptors (Lipinski definition) is 11. The molecular formula is C44H74O14P2. The Labute approximate surface area is 359 Å². The highest BCUT2D eigenvalue weighted by Crippen LogP contribution is 2.43. The standard InChI is InChI=1S/C44H74O14P2/c1-3-5-7-8-9-10-11-12-13-14-15-16-17-20-24-27-31-35-44(48)58-42(39-57-60(52,53)56-37-41(46)36-55-59(49,50)51)38-54-43(47)34-30-26-23-21-18-19-22-25-29-33-40(45)32-28-6-4-2/h5,7,9-10,12-13,15-16,22,25,29,33,41-42,46H,3-4,6,8,11,14,17-21,23-24,26-28,30-32,34-39H2,1-2H3,(H,52,53)(H2,49,50,51)/b7-5-,10-9-,13-12-,16-15-,25-22-,33-29+/t41-,42+/m0/s1. The van der Waals surface area contributed by atoms with E-state index in [9.17, 15) is 33.5 Å². The summed E-state index contributed by atoms with van der Waals surface area (Å²) in [6.45, 7) is 1.40. The van der Waals surface area contributed by atoms with Crippen molar-refractivity contribution in [2.24, 2.45) is 0 Å². The zero-order valence-electron chi connectivity index (χ0n) is 36.0. The first kappa shape index (κ1) is 57.2. The summed E-state index contributed by atoms with van der Waals surface area (Å²) in [5.41, 5.74) is 0. The van der Waals surface area contributed by atoms with E-state index in [1.54, 1.807) is 12.2 Å². The fourth-order valence-electron chi connectivity index (χ4n) is 5.26. The lowest BCUT2D eigenvalue weighted by atomic mass is 10.1. The Kier molecular flexibility index (Phi) is 37.3. The van der Waals surface area contributed by atoms with Crippen LogP contribution in [-0.4, -0.2) is 76.1 Å². The second-order valence-electron chi connectivity index (χ2n) is 14.3. The lowest BCUT2D eigenvalue weighted by Crippen LogP contribution is -2.30. The van der Waals surface area contributed by atoms with Crippen LogP contribution in [0.3, 0.4) is 0 Å². The van der Waals surface area contributed by atoms with Crippen molar-refractivity contribution in [1.82, 2.24) is 0 Å². The summed E-state index contributed by atoms with van der Waals surface area (Å²) >= 11 is 0. The van der Waals surface area contributed by atoms with Crippen molar-refractivity contribution in [2.75, 3.05) is 26.4 Å². The fraction of sp³-hybridized carbons (Fsp3) is 0.659. The van der Waals surface area contributed by atoms with Gasteiger partial charge >= 0.3 is 27.6 Å². The molecule has 0 amide bonds. The van der Waals surface area contributed by atoms with Crippen LogP contribution in [0.1, 0.15) is 149 Å². The summed E-state index contributed by atoms with van der Waals surface area (Å²) in [5.74, 6) is -0.979. The first-order valence-corrected chi connectivity index (χ1v) is 24.6. The van der Waals surface area contributed by atoms with E-state index in [-0.39, 0.29) is 18.6 Å². The zero-order valence-corrected chi connectivity index (χ0v) is 37.8. The first-order chi connectivity index (χ1) is 28.8. The Morgan fingerprint density at radius 3 is 1.68 bits per heavy atom. The summed E-state index contributed by atoms with van der Waals surface area (Å²) in [6.07, 6.45) is 38.7. The highest BCUT2D eigenvalue weighted by molar-refractivity contribution is 7.47. The SMILES string of the molecule is CC/C=C\C/C=C\C/C=C\C/C=C\CCCCCCC(=O)O[C@H](COC(=O)CCCCCCC/C=C\C=C\C(=O)CCCCC)COP(=O)(O)OC[C@@H](O)COP(=O)(O)O. The lowest BCUT2D eigenvalue weighted by Gasteiger charge is -2.20. The van der Waals surface area contributed by atoms with Crippen molar-refractivity contribution in [3.8, 4) is 0 Å². The molecule has 4 N–H and O–H groups in total. The van der Waals surface area contributed by atoms with E-state index in [1.807, 2.05) is 12.2 Å². The number of rotatable bonds is 40. The molecule has 16 heteroatoms. The second kappa shape index (κ2) is 39.1. The Bertz CT molecular complexity index is 1400. The molecule has 0 bridgehead atoms. The number of hydrogen-bond donors (Lipinski definition) is 4. The summed E-state index contributed by atoms with van der Waals surface area (Å²) in [7, 11) is -9.71. The predicted octanol–water partition coefficient (Wildman–Crippen LogP) is 10.2. The van der Waals surface area contributed by atoms with Gasteiger partial charge in [0.15, 0.2) is 11.9 Å². The molecule has 0 aromatic rings. The number of ether oxygens (including phenoxy) is 2. The molecule has 0 aliphatic heterocycles. The molecule has 3 atom stereocenters. The van der Waals surface area contributed by atoms with E-state index in [1.165, 1.54) is 0 Å². The quantitative estimate of drug-likeness (QED) is 0.0113. The third kappa shape index (κ3) is 41.9. The van der Waals surface area contributed by atoms with E-state index in [0.29, 0.717) is 19.3 Å². The van der Waals surface area contributed by atoms with Crippen LogP contribution in [0.25, 0.3) is 0 Å². The Morgan fingerprint density at radius 2 is 1.07 bits per heavy atom. The molecular weight excluding hydrogens is 814 g/mol. The van der Waals surface area contributed by atoms with E-state index >= 15 is 0 Å². The predicted molar refractivity (Wildman–Crippen MR) is 235 cm³/mol. The van der Waals surface area contributed by atoms with Gasteiger partial charge < -0.3 is 29.3 Å². The van der Waals surface area contributed by atoms with Crippen LogP contribution in [0, 0.1) is 0 Å². The van der Waals surface area contributed by atoms with E-state index < -0.39 is 66.2 Å². The van der Waals surface area contributed by atoms with Crippen LogP contribution >= 0.6 is 15.6 Å². The number of aliphatic hydroxyl groups is 1. The number of carbonyl (C=O) groups is 3. The van der Waals surface area contributed by atoms with Gasteiger partial charge in [-0.05, 0) is 76.7 Å². The largest absolute Gasteiger partial charge is 0.472 e. The van der Waals surface area contributed by atoms with Crippen molar-refractivity contribution < 1.29 is 66.3 Å². The van der Waals surface area contributed by atoms with E-state index in [4.69, 9.17) is 23.8 Å². The molecule has 344 valence electrons. The van der Waals surface area contributed by atoms with E-state index in [0.717, 1.165) is 103 Å². The van der Waals surface area contributed by atoms with Gasteiger partial charge in [0.1, 0.15) is 12.7 Å². The first-order valence-electron chi connectivity index (χ1n) is 21.6. The van der Waals surface area contributed by atoms with Gasteiger partial charge in [-0.1, -0.05) is 126 Å². The molecule has 0 aromatic heterocycles. The van der Waals surface area contributed by atoms with Crippen molar-refractivity contribution in [2.45, 2.75) is 161 Å². The van der Waals surface area contributed by atoms with Gasteiger partial charge in [-0.25, -0.2) is 9.13 Å². The zero-order chi connectivity index (χ0) is 44.6. The van der Waals surface area contributed by atoms with Crippen molar-refractivity contribution in [1.29, 1.82) is 0 Å². The average molecular weight is 889 g/mol. The highest BCUT2D eigenvalue weighted by Gasteiger charge is 2.28. The molecule has 0 radical (unpaired) electrons. The monoisotopic (exact) mass is 888 g/mol. The van der Waals surface area contributed by atoms with Gasteiger partial charge in [0, 0.05) is 19.3 Å². The topological polar surface area (TPSA) is 212 Å². The number of allylic oxidation sites excluding steroid dienone is 12. The van der Waals surface area contributed by atoms with Gasteiger partial charge in [-0.2, -0.15) is 0 Å².